The molecule has 2 aliphatic rings. The van der Waals surface area contributed by atoms with E-state index in [1.165, 1.54) is 6.42 Å². The van der Waals surface area contributed by atoms with Crippen molar-refractivity contribution in [3.8, 4) is 0 Å². The van der Waals surface area contributed by atoms with Gasteiger partial charge in [-0.05, 0) is 32.7 Å². The smallest absolute Gasteiger partial charge is 0.251 e. The third-order valence-corrected chi connectivity index (χ3v) is 3.35. The van der Waals surface area contributed by atoms with E-state index in [-0.39, 0.29) is 12.0 Å². The second kappa shape index (κ2) is 4.94. The number of carbonyl (C=O) groups excluding carboxylic acids is 1. The third kappa shape index (κ3) is 2.49. The standard InChI is InChI=1S/C11H20N2O2/c1-12-9-4-2-6-13(8-9)11(14)10-5-3-7-15-10/h9-10,12H,2-8H2,1H3/t9?,10-/m1/s1. The molecule has 1 amide bonds. The molecule has 2 aliphatic heterocycles. The van der Waals surface area contributed by atoms with Crippen molar-refractivity contribution in [2.75, 3.05) is 26.7 Å². The minimum Gasteiger partial charge on any atom is -0.368 e. The largest absolute Gasteiger partial charge is 0.368 e. The number of nitrogens with zero attached hydrogens (tertiary/aromatic N) is 1. The Morgan fingerprint density at radius 2 is 2.27 bits per heavy atom. The molecule has 0 aliphatic carbocycles. The van der Waals surface area contributed by atoms with Crippen molar-refractivity contribution in [2.24, 2.45) is 0 Å². The molecule has 0 aromatic carbocycles. The molecule has 1 N–H and O–H groups in total. The van der Waals surface area contributed by atoms with Crippen molar-refractivity contribution >= 4 is 5.91 Å². The van der Waals surface area contributed by atoms with Gasteiger partial charge in [-0.3, -0.25) is 4.79 Å². The van der Waals surface area contributed by atoms with Crippen LogP contribution in [0.2, 0.25) is 0 Å². The molecule has 0 aromatic rings. The molecule has 0 bridgehead atoms. The van der Waals surface area contributed by atoms with Gasteiger partial charge in [0.1, 0.15) is 6.10 Å². The maximum atomic E-state index is 12.0. The van der Waals surface area contributed by atoms with Crippen LogP contribution >= 0.6 is 0 Å². The van der Waals surface area contributed by atoms with E-state index >= 15 is 0 Å². The molecule has 2 atom stereocenters. The van der Waals surface area contributed by atoms with Crippen LogP contribution in [0.3, 0.4) is 0 Å². The van der Waals surface area contributed by atoms with Crippen LogP contribution in [0.25, 0.3) is 0 Å². The van der Waals surface area contributed by atoms with Gasteiger partial charge in [0.2, 0.25) is 0 Å². The zero-order valence-electron chi connectivity index (χ0n) is 9.37. The van der Waals surface area contributed by atoms with E-state index in [9.17, 15) is 4.79 Å². The molecule has 2 fully saturated rings. The summed E-state index contributed by atoms with van der Waals surface area (Å²) < 4.78 is 5.43. The normalized spacial score (nSPS) is 31.9. The highest BCUT2D eigenvalue weighted by Gasteiger charge is 2.30. The van der Waals surface area contributed by atoms with Gasteiger partial charge in [0.25, 0.3) is 5.91 Å². The lowest BCUT2D eigenvalue weighted by atomic mass is 10.0. The Hall–Kier alpha value is -0.610. The van der Waals surface area contributed by atoms with Gasteiger partial charge < -0.3 is 15.0 Å². The molecule has 4 heteroatoms. The lowest BCUT2D eigenvalue weighted by Gasteiger charge is -2.33. The summed E-state index contributed by atoms with van der Waals surface area (Å²) in [6.07, 6.45) is 4.05. The Kier molecular flexibility index (Phi) is 3.59. The highest BCUT2D eigenvalue weighted by Crippen LogP contribution is 2.18. The van der Waals surface area contributed by atoms with E-state index in [0.717, 1.165) is 39.0 Å². The molecule has 2 saturated heterocycles. The molecule has 2 heterocycles. The van der Waals surface area contributed by atoms with Crippen molar-refractivity contribution in [3.63, 3.8) is 0 Å². The topological polar surface area (TPSA) is 41.6 Å². The summed E-state index contributed by atoms with van der Waals surface area (Å²) in [5.41, 5.74) is 0. The van der Waals surface area contributed by atoms with Crippen molar-refractivity contribution in [1.29, 1.82) is 0 Å². The van der Waals surface area contributed by atoms with Crippen molar-refractivity contribution < 1.29 is 9.53 Å². The Morgan fingerprint density at radius 3 is 2.93 bits per heavy atom. The number of carbonyl (C=O) groups is 1. The van der Waals surface area contributed by atoms with E-state index in [1.807, 2.05) is 11.9 Å². The van der Waals surface area contributed by atoms with E-state index in [4.69, 9.17) is 4.74 Å². The van der Waals surface area contributed by atoms with Gasteiger partial charge in [0.15, 0.2) is 0 Å². The second-order valence-electron chi connectivity index (χ2n) is 4.41. The number of piperidine rings is 1. The monoisotopic (exact) mass is 212 g/mol. The highest BCUT2D eigenvalue weighted by atomic mass is 16.5. The average Bonchev–Trinajstić information content (AvgIpc) is 2.81. The zero-order valence-corrected chi connectivity index (χ0v) is 9.37. The van der Waals surface area contributed by atoms with Gasteiger partial charge >= 0.3 is 0 Å². The summed E-state index contributed by atoms with van der Waals surface area (Å²) in [6.45, 7) is 2.49. The fraction of sp³-hybridized carbons (Fsp3) is 0.909. The lowest BCUT2D eigenvalue weighted by Crippen LogP contribution is -2.49. The third-order valence-electron chi connectivity index (χ3n) is 3.35. The van der Waals surface area contributed by atoms with Gasteiger partial charge in [0, 0.05) is 25.7 Å². The number of ether oxygens (including phenoxy) is 1. The molecule has 4 nitrogen and oxygen atoms in total. The predicted octanol–water partition coefficient (Wildman–Crippen LogP) is 0.376. The fourth-order valence-electron chi connectivity index (χ4n) is 2.39. The molecule has 0 aromatic heterocycles. The van der Waals surface area contributed by atoms with Crippen LogP contribution in [0.4, 0.5) is 0 Å². The number of hydrogen-bond donors (Lipinski definition) is 1. The van der Waals surface area contributed by atoms with Crippen LogP contribution in [0.5, 0.6) is 0 Å². The molecule has 0 saturated carbocycles. The SMILES string of the molecule is CNC1CCCN(C(=O)[C@H]2CCCO2)C1. The first-order valence-corrected chi connectivity index (χ1v) is 5.89. The summed E-state index contributed by atoms with van der Waals surface area (Å²) in [6, 6.07) is 0.462. The summed E-state index contributed by atoms with van der Waals surface area (Å²) in [7, 11) is 1.96. The van der Waals surface area contributed by atoms with E-state index in [1.54, 1.807) is 0 Å². The first kappa shape index (κ1) is 10.9. The van der Waals surface area contributed by atoms with Gasteiger partial charge in [-0.1, -0.05) is 0 Å². The van der Waals surface area contributed by atoms with Crippen molar-refractivity contribution in [1.82, 2.24) is 10.2 Å². The Bertz CT molecular complexity index is 227. The molecular formula is C11H20N2O2. The number of nitrogens with one attached hydrogen (secondary N) is 1. The van der Waals surface area contributed by atoms with Crippen molar-refractivity contribution in [3.05, 3.63) is 0 Å². The number of likely N-dealkylation sites (tertiary alicyclic amines) is 1. The van der Waals surface area contributed by atoms with Crippen LogP contribution in [0.15, 0.2) is 0 Å². The maximum absolute atomic E-state index is 12.0. The molecule has 1 unspecified atom stereocenters. The molecule has 0 spiro atoms. The maximum Gasteiger partial charge on any atom is 0.251 e. The van der Waals surface area contributed by atoms with Crippen LogP contribution in [0, 0.1) is 0 Å². The second-order valence-corrected chi connectivity index (χ2v) is 4.41. The Labute approximate surface area is 91.0 Å². The zero-order chi connectivity index (χ0) is 10.7. The van der Waals surface area contributed by atoms with E-state index in [0.29, 0.717) is 6.04 Å². The lowest BCUT2D eigenvalue weighted by molar-refractivity contribution is -0.142. The first-order chi connectivity index (χ1) is 7.31. The summed E-state index contributed by atoms with van der Waals surface area (Å²) in [5.74, 6) is 0.201. The van der Waals surface area contributed by atoms with Gasteiger partial charge in [-0.25, -0.2) is 0 Å². The van der Waals surface area contributed by atoms with Crippen molar-refractivity contribution in [2.45, 2.75) is 37.8 Å². The minimum absolute atomic E-state index is 0.152. The van der Waals surface area contributed by atoms with Gasteiger partial charge in [-0.15, -0.1) is 0 Å². The molecule has 2 rings (SSSR count). The van der Waals surface area contributed by atoms with E-state index < -0.39 is 0 Å². The molecule has 86 valence electrons. The summed E-state index contributed by atoms with van der Waals surface area (Å²) in [5, 5.41) is 3.24. The van der Waals surface area contributed by atoms with Crippen LogP contribution < -0.4 is 5.32 Å². The fourth-order valence-corrected chi connectivity index (χ4v) is 2.39. The number of rotatable bonds is 2. The molecule has 15 heavy (non-hydrogen) atoms. The Balaban J connectivity index is 1.88. The highest BCUT2D eigenvalue weighted by molar-refractivity contribution is 5.81. The predicted molar refractivity (Wildman–Crippen MR) is 57.6 cm³/mol. The number of amides is 1. The summed E-state index contributed by atoms with van der Waals surface area (Å²) in [4.78, 5) is 14.0. The van der Waals surface area contributed by atoms with Gasteiger partial charge in [-0.2, -0.15) is 0 Å². The molecular weight excluding hydrogens is 192 g/mol. The van der Waals surface area contributed by atoms with Crippen LogP contribution in [0.1, 0.15) is 25.7 Å². The van der Waals surface area contributed by atoms with E-state index in [2.05, 4.69) is 5.32 Å². The average molecular weight is 212 g/mol. The number of likely N-dealkylation sites (N-methyl/N-ethyl adjacent to an activating group) is 1. The van der Waals surface area contributed by atoms with Gasteiger partial charge in [0.05, 0.1) is 0 Å². The number of hydrogen-bond acceptors (Lipinski definition) is 3. The summed E-state index contributed by atoms with van der Waals surface area (Å²) >= 11 is 0. The van der Waals surface area contributed by atoms with Crippen LogP contribution in [-0.2, 0) is 9.53 Å². The van der Waals surface area contributed by atoms with Crippen LogP contribution in [-0.4, -0.2) is 49.7 Å². The quantitative estimate of drug-likeness (QED) is 0.719. The minimum atomic E-state index is -0.152. The first-order valence-electron chi connectivity index (χ1n) is 5.89. The Morgan fingerprint density at radius 1 is 1.40 bits per heavy atom. The molecule has 0 radical (unpaired) electrons.